The van der Waals surface area contributed by atoms with Gasteiger partial charge < -0.3 is 9.32 Å². The van der Waals surface area contributed by atoms with Crippen LogP contribution in [0, 0.1) is 6.92 Å². The molecule has 4 aromatic rings. The van der Waals surface area contributed by atoms with E-state index in [0.29, 0.717) is 28.7 Å². The maximum atomic E-state index is 12.0. The number of carbonyl (C=O) groups is 1. The highest BCUT2D eigenvalue weighted by atomic mass is 16.4. The van der Waals surface area contributed by atoms with Gasteiger partial charge in [-0.2, -0.15) is 0 Å². The van der Waals surface area contributed by atoms with Crippen LogP contribution in [-0.2, 0) is 0 Å². The highest BCUT2D eigenvalue weighted by molar-refractivity contribution is 5.94. The van der Waals surface area contributed by atoms with Crippen LogP contribution >= 0.6 is 0 Å². The molecule has 29 heavy (non-hydrogen) atoms. The van der Waals surface area contributed by atoms with Crippen LogP contribution in [0.5, 0.6) is 0 Å². The fourth-order valence-corrected chi connectivity index (χ4v) is 2.79. The number of rotatable bonds is 4. The fraction of sp³-hybridized carbons (Fsp3) is 0.136. The molecule has 0 bridgehead atoms. The summed E-state index contributed by atoms with van der Waals surface area (Å²) < 4.78 is 5.79. The van der Waals surface area contributed by atoms with Crippen LogP contribution in [0.25, 0.3) is 34.3 Å². The van der Waals surface area contributed by atoms with Gasteiger partial charge in [-0.1, -0.05) is 29.8 Å². The quantitative estimate of drug-likeness (QED) is 0.530. The Balaban J connectivity index is 1.61. The van der Waals surface area contributed by atoms with Crippen molar-refractivity contribution < 1.29 is 9.21 Å². The van der Waals surface area contributed by atoms with Gasteiger partial charge >= 0.3 is 0 Å². The van der Waals surface area contributed by atoms with E-state index in [2.05, 4.69) is 20.2 Å². The number of hydrogen-bond donors (Lipinski definition) is 0. The number of aromatic nitrogens is 4. The summed E-state index contributed by atoms with van der Waals surface area (Å²) in [6, 6.07) is 15.1. The normalized spacial score (nSPS) is 10.7. The van der Waals surface area contributed by atoms with Crippen LogP contribution in [0.4, 0.5) is 0 Å². The number of amides is 1. The summed E-state index contributed by atoms with van der Waals surface area (Å²) in [6.45, 7) is 2.02. The van der Waals surface area contributed by atoms with Crippen molar-refractivity contribution in [1.29, 1.82) is 0 Å². The molecule has 7 nitrogen and oxygen atoms in total. The van der Waals surface area contributed by atoms with E-state index in [0.717, 1.165) is 16.7 Å². The second kappa shape index (κ2) is 7.63. The fourth-order valence-electron chi connectivity index (χ4n) is 2.79. The predicted octanol–water partition coefficient (Wildman–Crippen LogP) is 3.87. The number of nitrogens with zero attached hydrogens (tertiary/aromatic N) is 5. The van der Waals surface area contributed by atoms with Crippen molar-refractivity contribution >= 4 is 5.91 Å². The summed E-state index contributed by atoms with van der Waals surface area (Å²) >= 11 is 0. The molecule has 2 aromatic carbocycles. The lowest BCUT2D eigenvalue weighted by Gasteiger charge is -2.10. The molecule has 4 rings (SSSR count). The summed E-state index contributed by atoms with van der Waals surface area (Å²) in [5.74, 6) is 0.680. The van der Waals surface area contributed by atoms with Crippen molar-refractivity contribution in [2.24, 2.45) is 0 Å². The highest BCUT2D eigenvalue weighted by Gasteiger charge is 2.14. The highest BCUT2D eigenvalue weighted by Crippen LogP contribution is 2.25. The molecular formula is C22H19N5O2. The second-order valence-electron chi connectivity index (χ2n) is 6.84. The van der Waals surface area contributed by atoms with Crippen LogP contribution < -0.4 is 0 Å². The zero-order valence-electron chi connectivity index (χ0n) is 16.3. The van der Waals surface area contributed by atoms with E-state index in [1.54, 1.807) is 38.6 Å². The van der Waals surface area contributed by atoms with E-state index < -0.39 is 0 Å². The Labute approximate surface area is 168 Å². The van der Waals surface area contributed by atoms with Gasteiger partial charge in [-0.25, -0.2) is 4.98 Å². The number of aryl methyl sites for hydroxylation is 1. The van der Waals surface area contributed by atoms with Gasteiger partial charge in [0, 0.05) is 30.8 Å². The Morgan fingerprint density at radius 3 is 2.14 bits per heavy atom. The predicted molar refractivity (Wildman–Crippen MR) is 109 cm³/mol. The van der Waals surface area contributed by atoms with Crippen molar-refractivity contribution in [1.82, 2.24) is 25.1 Å². The third-order valence-corrected chi connectivity index (χ3v) is 4.41. The van der Waals surface area contributed by atoms with Gasteiger partial charge in [0.1, 0.15) is 5.69 Å². The van der Waals surface area contributed by atoms with Crippen LogP contribution in [0.3, 0.4) is 0 Å². The van der Waals surface area contributed by atoms with Crippen LogP contribution in [0.15, 0.2) is 65.3 Å². The van der Waals surface area contributed by atoms with Crippen molar-refractivity contribution in [3.8, 4) is 34.3 Å². The Bertz CT molecular complexity index is 1150. The summed E-state index contributed by atoms with van der Waals surface area (Å²) in [6.07, 6.45) is 3.24. The number of carbonyl (C=O) groups excluding carboxylic acids is 1. The molecule has 2 aromatic heterocycles. The molecule has 0 saturated heterocycles. The molecule has 0 atom stereocenters. The molecule has 0 saturated carbocycles. The third kappa shape index (κ3) is 3.89. The molecule has 0 aliphatic carbocycles. The Kier molecular flexibility index (Phi) is 4.87. The van der Waals surface area contributed by atoms with Crippen LogP contribution in [0.1, 0.15) is 15.9 Å². The first-order valence-electron chi connectivity index (χ1n) is 9.06. The molecule has 0 fully saturated rings. The summed E-state index contributed by atoms with van der Waals surface area (Å²) in [5.41, 5.74) is 4.60. The van der Waals surface area contributed by atoms with E-state index in [4.69, 9.17) is 4.42 Å². The average Bonchev–Trinajstić information content (AvgIpc) is 3.24. The lowest BCUT2D eigenvalue weighted by molar-refractivity contribution is 0.0827. The molecule has 0 aliphatic rings. The summed E-state index contributed by atoms with van der Waals surface area (Å²) in [5, 5.41) is 8.22. The minimum atomic E-state index is -0.0501. The lowest BCUT2D eigenvalue weighted by Crippen LogP contribution is -2.21. The molecule has 0 radical (unpaired) electrons. The van der Waals surface area contributed by atoms with Crippen molar-refractivity contribution in [3.63, 3.8) is 0 Å². The first kappa shape index (κ1) is 18.5. The molecule has 144 valence electrons. The van der Waals surface area contributed by atoms with E-state index in [1.165, 1.54) is 4.90 Å². The monoisotopic (exact) mass is 385 g/mol. The molecular weight excluding hydrogens is 366 g/mol. The summed E-state index contributed by atoms with van der Waals surface area (Å²) in [7, 11) is 3.45. The summed E-state index contributed by atoms with van der Waals surface area (Å²) in [4.78, 5) is 22.4. The maximum absolute atomic E-state index is 12.0. The number of benzene rings is 2. The third-order valence-electron chi connectivity index (χ3n) is 4.41. The van der Waals surface area contributed by atoms with Crippen LogP contribution in [0.2, 0.25) is 0 Å². The Morgan fingerprint density at radius 2 is 1.45 bits per heavy atom. The molecule has 7 heteroatoms. The zero-order chi connectivity index (χ0) is 20.4. The minimum absolute atomic E-state index is 0.0501. The van der Waals surface area contributed by atoms with Gasteiger partial charge in [0.25, 0.3) is 11.8 Å². The van der Waals surface area contributed by atoms with Gasteiger partial charge in [-0.05, 0) is 31.2 Å². The van der Waals surface area contributed by atoms with Crippen molar-refractivity contribution in [2.45, 2.75) is 6.92 Å². The zero-order valence-corrected chi connectivity index (χ0v) is 16.3. The topological polar surface area (TPSA) is 85.0 Å². The van der Waals surface area contributed by atoms with E-state index in [9.17, 15) is 4.79 Å². The molecule has 0 N–H and O–H groups in total. The van der Waals surface area contributed by atoms with E-state index in [-0.39, 0.29) is 5.91 Å². The molecule has 0 unspecified atom stereocenters. The van der Waals surface area contributed by atoms with Gasteiger partial charge in [0.2, 0.25) is 5.89 Å². The SMILES string of the molecule is Cc1ccc(-c2nnc(-c3cncc(-c4ccc(C(=O)N(C)C)cc4)n3)o2)cc1. The Hall–Kier alpha value is -3.87. The van der Waals surface area contributed by atoms with Gasteiger partial charge in [-0.15, -0.1) is 10.2 Å². The van der Waals surface area contributed by atoms with Crippen molar-refractivity contribution in [2.75, 3.05) is 14.1 Å². The largest absolute Gasteiger partial charge is 0.415 e. The lowest BCUT2D eigenvalue weighted by atomic mass is 10.1. The smallest absolute Gasteiger partial charge is 0.268 e. The van der Waals surface area contributed by atoms with Gasteiger partial charge in [-0.3, -0.25) is 9.78 Å². The van der Waals surface area contributed by atoms with E-state index in [1.807, 2.05) is 43.3 Å². The molecule has 0 spiro atoms. The molecule has 0 aliphatic heterocycles. The average molecular weight is 385 g/mol. The standard InChI is InChI=1S/C22H19N5O2/c1-14-4-6-16(7-5-14)20-25-26-21(29-20)19-13-23-12-18(24-19)15-8-10-17(11-9-15)22(28)27(2)3/h4-13H,1-3H3. The maximum Gasteiger partial charge on any atom is 0.268 e. The van der Waals surface area contributed by atoms with Crippen molar-refractivity contribution in [3.05, 3.63) is 72.1 Å². The second-order valence-corrected chi connectivity index (χ2v) is 6.84. The minimum Gasteiger partial charge on any atom is -0.415 e. The van der Waals surface area contributed by atoms with Gasteiger partial charge in [0.05, 0.1) is 18.1 Å². The first-order chi connectivity index (χ1) is 14.0. The Morgan fingerprint density at radius 1 is 0.828 bits per heavy atom. The molecule has 2 heterocycles. The van der Waals surface area contributed by atoms with Crippen LogP contribution in [-0.4, -0.2) is 45.1 Å². The van der Waals surface area contributed by atoms with Gasteiger partial charge in [0.15, 0.2) is 0 Å². The number of hydrogen-bond acceptors (Lipinski definition) is 6. The first-order valence-corrected chi connectivity index (χ1v) is 9.06. The van der Waals surface area contributed by atoms with E-state index >= 15 is 0 Å². The molecule has 1 amide bonds.